The molecule has 0 aliphatic carbocycles. The van der Waals surface area contributed by atoms with Crippen molar-refractivity contribution in [2.75, 3.05) is 25.0 Å². The van der Waals surface area contributed by atoms with Crippen molar-refractivity contribution in [3.63, 3.8) is 0 Å². The highest BCUT2D eigenvalue weighted by Gasteiger charge is 2.05. The van der Waals surface area contributed by atoms with Crippen molar-refractivity contribution < 1.29 is 0 Å². The number of hydrogen-bond acceptors (Lipinski definition) is 2. The molecule has 0 radical (unpaired) electrons. The second-order valence-electron chi connectivity index (χ2n) is 4.16. The van der Waals surface area contributed by atoms with Crippen molar-refractivity contribution in [3.8, 4) is 0 Å². The molecule has 16 heavy (non-hydrogen) atoms. The Bertz CT molecular complexity index is 295. The predicted molar refractivity (Wildman–Crippen MR) is 75.0 cm³/mol. The number of nitrogens with one attached hydrogen (secondary N) is 1. The van der Waals surface area contributed by atoms with Crippen molar-refractivity contribution in [2.24, 2.45) is 0 Å². The summed E-state index contributed by atoms with van der Waals surface area (Å²) in [6.07, 6.45) is 0. The first-order valence-corrected chi connectivity index (χ1v) is 6.66. The zero-order valence-electron chi connectivity index (χ0n) is 10.3. The molecule has 0 unspecified atom stereocenters. The molecule has 3 heteroatoms. The van der Waals surface area contributed by atoms with E-state index < -0.39 is 0 Å². The van der Waals surface area contributed by atoms with Crippen molar-refractivity contribution in [1.29, 1.82) is 0 Å². The Kier molecular flexibility index (Phi) is 5.85. The standard InChI is InChI=1S/C13H21BrN2/c1-4-16(11(2)3)10-9-15-13-7-5-12(14)6-8-13/h5-8,11,15H,4,9-10H2,1-3H3. The second kappa shape index (κ2) is 6.92. The number of hydrogen-bond donors (Lipinski definition) is 1. The van der Waals surface area contributed by atoms with E-state index in [1.807, 2.05) is 0 Å². The maximum absolute atomic E-state index is 3.43. The van der Waals surface area contributed by atoms with Gasteiger partial charge >= 0.3 is 0 Å². The summed E-state index contributed by atoms with van der Waals surface area (Å²) in [5, 5.41) is 3.43. The lowest BCUT2D eigenvalue weighted by Crippen LogP contribution is -2.34. The predicted octanol–water partition coefficient (Wildman–Crippen LogP) is 3.59. The van der Waals surface area contributed by atoms with Crippen molar-refractivity contribution in [1.82, 2.24) is 4.90 Å². The molecule has 1 rings (SSSR count). The van der Waals surface area contributed by atoms with E-state index in [4.69, 9.17) is 0 Å². The van der Waals surface area contributed by atoms with Crippen LogP contribution in [-0.2, 0) is 0 Å². The summed E-state index contributed by atoms with van der Waals surface area (Å²) >= 11 is 3.43. The first kappa shape index (κ1) is 13.5. The third-order valence-electron chi connectivity index (χ3n) is 2.71. The fourth-order valence-corrected chi connectivity index (χ4v) is 1.96. The van der Waals surface area contributed by atoms with Crippen LogP contribution >= 0.6 is 15.9 Å². The van der Waals surface area contributed by atoms with Crippen LogP contribution in [0, 0.1) is 0 Å². The second-order valence-corrected chi connectivity index (χ2v) is 5.07. The van der Waals surface area contributed by atoms with Gasteiger partial charge in [0, 0.05) is 29.3 Å². The molecular formula is C13H21BrN2. The quantitative estimate of drug-likeness (QED) is 0.859. The van der Waals surface area contributed by atoms with E-state index in [0.717, 1.165) is 24.1 Å². The SMILES string of the molecule is CCN(CCNc1ccc(Br)cc1)C(C)C. The smallest absolute Gasteiger partial charge is 0.0341 e. The van der Waals surface area contributed by atoms with Crippen LogP contribution in [0.5, 0.6) is 0 Å². The summed E-state index contributed by atoms with van der Waals surface area (Å²) in [5.41, 5.74) is 1.18. The van der Waals surface area contributed by atoms with Gasteiger partial charge in [-0.05, 0) is 44.7 Å². The van der Waals surface area contributed by atoms with E-state index in [9.17, 15) is 0 Å². The summed E-state index contributed by atoms with van der Waals surface area (Å²) in [6, 6.07) is 8.92. The van der Waals surface area contributed by atoms with Crippen LogP contribution in [-0.4, -0.2) is 30.6 Å². The summed E-state index contributed by atoms with van der Waals surface area (Å²) in [6.45, 7) is 9.88. The van der Waals surface area contributed by atoms with Crippen LogP contribution in [0.25, 0.3) is 0 Å². The zero-order chi connectivity index (χ0) is 12.0. The van der Waals surface area contributed by atoms with Gasteiger partial charge in [-0.15, -0.1) is 0 Å². The molecule has 0 fully saturated rings. The third-order valence-corrected chi connectivity index (χ3v) is 3.24. The normalized spacial score (nSPS) is 11.1. The highest BCUT2D eigenvalue weighted by Crippen LogP contribution is 2.13. The monoisotopic (exact) mass is 284 g/mol. The summed E-state index contributed by atoms with van der Waals surface area (Å²) < 4.78 is 1.12. The van der Waals surface area contributed by atoms with Crippen LogP contribution in [0.4, 0.5) is 5.69 Å². The molecule has 0 saturated heterocycles. The molecule has 0 aliphatic rings. The third kappa shape index (κ3) is 4.54. The summed E-state index contributed by atoms with van der Waals surface area (Å²) in [4.78, 5) is 2.45. The number of halogens is 1. The number of anilines is 1. The van der Waals surface area contributed by atoms with Crippen LogP contribution < -0.4 is 5.32 Å². The Morgan fingerprint density at radius 2 is 1.88 bits per heavy atom. The van der Waals surface area contributed by atoms with Gasteiger partial charge in [-0.2, -0.15) is 0 Å². The maximum atomic E-state index is 3.43. The number of nitrogens with zero attached hydrogens (tertiary/aromatic N) is 1. The van der Waals surface area contributed by atoms with Crippen molar-refractivity contribution in [3.05, 3.63) is 28.7 Å². The van der Waals surface area contributed by atoms with Crippen LogP contribution in [0.15, 0.2) is 28.7 Å². The maximum Gasteiger partial charge on any atom is 0.0341 e. The van der Waals surface area contributed by atoms with E-state index in [1.54, 1.807) is 0 Å². The molecule has 0 aliphatic heterocycles. The van der Waals surface area contributed by atoms with Gasteiger partial charge < -0.3 is 5.32 Å². The number of likely N-dealkylation sites (N-methyl/N-ethyl adjacent to an activating group) is 1. The van der Waals surface area contributed by atoms with Gasteiger partial charge in [0.25, 0.3) is 0 Å². The molecule has 0 atom stereocenters. The minimum absolute atomic E-state index is 0.622. The first-order valence-electron chi connectivity index (χ1n) is 5.87. The minimum atomic E-state index is 0.622. The molecule has 1 aromatic rings. The number of benzene rings is 1. The van der Waals surface area contributed by atoms with Gasteiger partial charge in [0.05, 0.1) is 0 Å². The van der Waals surface area contributed by atoms with Crippen molar-refractivity contribution in [2.45, 2.75) is 26.8 Å². The van der Waals surface area contributed by atoms with Crippen molar-refractivity contribution >= 4 is 21.6 Å². The van der Waals surface area contributed by atoms with Gasteiger partial charge in [0.2, 0.25) is 0 Å². The number of rotatable bonds is 6. The van der Waals surface area contributed by atoms with E-state index >= 15 is 0 Å². The fraction of sp³-hybridized carbons (Fsp3) is 0.538. The molecule has 0 saturated carbocycles. The van der Waals surface area contributed by atoms with E-state index in [2.05, 4.69) is 71.2 Å². The molecule has 2 nitrogen and oxygen atoms in total. The molecule has 0 heterocycles. The summed E-state index contributed by atoms with van der Waals surface area (Å²) in [7, 11) is 0. The Morgan fingerprint density at radius 3 is 2.38 bits per heavy atom. The Labute approximate surface area is 107 Å². The van der Waals surface area contributed by atoms with Gasteiger partial charge in [-0.25, -0.2) is 0 Å². The van der Waals surface area contributed by atoms with Gasteiger partial charge in [-0.3, -0.25) is 4.90 Å². The van der Waals surface area contributed by atoms with Crippen LogP contribution in [0.2, 0.25) is 0 Å². The Balaban J connectivity index is 2.32. The van der Waals surface area contributed by atoms with Gasteiger partial charge in [0.15, 0.2) is 0 Å². The molecule has 1 aromatic carbocycles. The van der Waals surface area contributed by atoms with Crippen LogP contribution in [0.3, 0.4) is 0 Å². The average Bonchev–Trinajstić information content (AvgIpc) is 2.26. The largest absolute Gasteiger partial charge is 0.384 e. The summed E-state index contributed by atoms with van der Waals surface area (Å²) in [5.74, 6) is 0. The molecule has 0 spiro atoms. The van der Waals surface area contributed by atoms with Crippen LogP contribution in [0.1, 0.15) is 20.8 Å². The lowest BCUT2D eigenvalue weighted by Gasteiger charge is -2.24. The molecular weight excluding hydrogens is 264 g/mol. The van der Waals surface area contributed by atoms with E-state index in [0.29, 0.717) is 6.04 Å². The minimum Gasteiger partial charge on any atom is -0.384 e. The highest BCUT2D eigenvalue weighted by atomic mass is 79.9. The fourth-order valence-electron chi connectivity index (χ4n) is 1.69. The van der Waals surface area contributed by atoms with Gasteiger partial charge in [0.1, 0.15) is 0 Å². The topological polar surface area (TPSA) is 15.3 Å². The Morgan fingerprint density at radius 1 is 1.25 bits per heavy atom. The molecule has 0 bridgehead atoms. The molecule has 1 N–H and O–H groups in total. The molecule has 0 amide bonds. The zero-order valence-corrected chi connectivity index (χ0v) is 11.9. The lowest BCUT2D eigenvalue weighted by molar-refractivity contribution is 0.243. The molecule has 90 valence electrons. The molecule has 0 aromatic heterocycles. The highest BCUT2D eigenvalue weighted by molar-refractivity contribution is 9.10. The van der Waals surface area contributed by atoms with E-state index in [1.165, 1.54) is 5.69 Å². The lowest BCUT2D eigenvalue weighted by atomic mass is 10.3. The van der Waals surface area contributed by atoms with Gasteiger partial charge in [-0.1, -0.05) is 22.9 Å². The average molecular weight is 285 g/mol. The van der Waals surface area contributed by atoms with E-state index in [-0.39, 0.29) is 0 Å². The Hall–Kier alpha value is -0.540. The first-order chi connectivity index (χ1) is 7.63.